The van der Waals surface area contributed by atoms with Crippen LogP contribution >= 0.6 is 0 Å². The summed E-state index contributed by atoms with van der Waals surface area (Å²) in [6, 6.07) is 0. The van der Waals surface area contributed by atoms with Crippen LogP contribution in [0.15, 0.2) is 12.2 Å². The van der Waals surface area contributed by atoms with Gasteiger partial charge < -0.3 is 4.74 Å². The minimum absolute atomic E-state index is 0.0864. The number of hydrogen-bond donors (Lipinski definition) is 0. The van der Waals surface area contributed by atoms with Gasteiger partial charge in [0.25, 0.3) is 0 Å². The van der Waals surface area contributed by atoms with E-state index in [1.807, 2.05) is 0 Å². The topological polar surface area (TPSA) is 60.4 Å². The zero-order valence-corrected chi connectivity index (χ0v) is 22.4. The van der Waals surface area contributed by atoms with Gasteiger partial charge in [-0.2, -0.15) is 0 Å². The third-order valence-electron chi connectivity index (χ3n) is 10.9. The fourth-order valence-corrected chi connectivity index (χ4v) is 8.65. The zero-order valence-electron chi connectivity index (χ0n) is 22.4. The summed E-state index contributed by atoms with van der Waals surface area (Å²) >= 11 is 0. The van der Waals surface area contributed by atoms with Crippen molar-refractivity contribution in [3.05, 3.63) is 12.2 Å². The Kier molecular flexibility index (Phi) is 6.94. The number of hydrogen-bond acceptors (Lipinski definition) is 4. The molecule has 4 saturated carbocycles. The molecule has 4 rings (SSSR count). The molecule has 4 aliphatic carbocycles. The molecular formula is C30H46O4. The summed E-state index contributed by atoms with van der Waals surface area (Å²) in [6.07, 6.45) is 10.4. The lowest BCUT2D eigenvalue weighted by Gasteiger charge is -2.59. The number of rotatable bonds is 5. The van der Waals surface area contributed by atoms with Gasteiger partial charge in [-0.05, 0) is 78.4 Å². The van der Waals surface area contributed by atoms with E-state index in [1.165, 1.54) is 6.92 Å². The Morgan fingerprint density at radius 3 is 2.35 bits per heavy atom. The maximum absolute atomic E-state index is 13.9. The third-order valence-corrected chi connectivity index (χ3v) is 10.9. The van der Waals surface area contributed by atoms with E-state index in [2.05, 4.69) is 53.7 Å². The van der Waals surface area contributed by atoms with Crippen LogP contribution in [0.3, 0.4) is 0 Å². The number of ether oxygens (including phenoxy) is 1. The van der Waals surface area contributed by atoms with Gasteiger partial charge in [-0.3, -0.25) is 14.4 Å². The molecule has 0 saturated heterocycles. The van der Waals surface area contributed by atoms with Crippen LogP contribution in [0.25, 0.3) is 0 Å². The second-order valence-electron chi connectivity index (χ2n) is 13.2. The first-order valence-electron chi connectivity index (χ1n) is 13.8. The molecule has 0 bridgehead atoms. The molecular weight excluding hydrogens is 424 g/mol. The van der Waals surface area contributed by atoms with Crippen molar-refractivity contribution >= 4 is 17.5 Å². The first-order valence-corrected chi connectivity index (χ1v) is 13.8. The number of esters is 1. The average Bonchev–Trinajstić information content (AvgIpc) is 3.08. The Labute approximate surface area is 206 Å². The van der Waals surface area contributed by atoms with E-state index in [9.17, 15) is 14.4 Å². The SMILES string of the molecule is CC(=O)O[C@@H]1CC[C@@]2(C)[C@@H](CC(=O)[C@H]3[C@H]4CC[C@@H]([C@H](C)/C=C/[C@H](C)C(C)C)[C@@]4(C)CC(=O)[C@H]32)C1. The summed E-state index contributed by atoms with van der Waals surface area (Å²) in [5.41, 5.74) is -0.235. The number of ketones is 2. The first kappa shape index (κ1) is 25.6. The van der Waals surface area contributed by atoms with Crippen LogP contribution in [-0.2, 0) is 19.1 Å². The predicted octanol–water partition coefficient (Wildman–Crippen LogP) is 6.42. The Balaban J connectivity index is 1.57. The minimum atomic E-state index is -0.249. The minimum Gasteiger partial charge on any atom is -0.463 e. The lowest BCUT2D eigenvalue weighted by Crippen LogP contribution is -2.61. The van der Waals surface area contributed by atoms with Crippen molar-refractivity contribution in [2.45, 2.75) is 99.5 Å². The zero-order chi connectivity index (χ0) is 25.0. The van der Waals surface area contributed by atoms with Crippen molar-refractivity contribution in [1.29, 1.82) is 0 Å². The molecule has 0 spiro atoms. The molecule has 4 aliphatic rings. The fourth-order valence-electron chi connectivity index (χ4n) is 8.65. The molecule has 4 fully saturated rings. The Hall–Kier alpha value is -1.45. The van der Waals surface area contributed by atoms with Gasteiger partial charge in [-0.1, -0.05) is 53.7 Å². The molecule has 0 N–H and O–H groups in total. The highest BCUT2D eigenvalue weighted by molar-refractivity contribution is 5.94. The van der Waals surface area contributed by atoms with E-state index in [4.69, 9.17) is 4.74 Å². The van der Waals surface area contributed by atoms with Crippen molar-refractivity contribution in [3.8, 4) is 0 Å². The number of Topliss-reactive ketones (excluding diaryl/α,β-unsaturated/α-hetero) is 2. The molecule has 10 atom stereocenters. The Morgan fingerprint density at radius 2 is 1.71 bits per heavy atom. The Morgan fingerprint density at radius 1 is 1.00 bits per heavy atom. The summed E-state index contributed by atoms with van der Waals surface area (Å²) in [4.78, 5) is 39.1. The summed E-state index contributed by atoms with van der Waals surface area (Å²) in [5, 5.41) is 0. The molecule has 0 aromatic heterocycles. The van der Waals surface area contributed by atoms with Crippen LogP contribution < -0.4 is 0 Å². The van der Waals surface area contributed by atoms with Crippen LogP contribution in [0.1, 0.15) is 93.4 Å². The molecule has 0 heterocycles. The maximum Gasteiger partial charge on any atom is 0.302 e. The van der Waals surface area contributed by atoms with Crippen molar-refractivity contribution in [2.24, 2.45) is 58.2 Å². The molecule has 0 unspecified atom stereocenters. The van der Waals surface area contributed by atoms with E-state index < -0.39 is 0 Å². The number of carbonyl (C=O) groups is 3. The second-order valence-corrected chi connectivity index (χ2v) is 13.2. The molecule has 0 aliphatic heterocycles. The second kappa shape index (κ2) is 9.21. The van der Waals surface area contributed by atoms with Crippen LogP contribution in [0.4, 0.5) is 0 Å². The van der Waals surface area contributed by atoms with Gasteiger partial charge in [0.15, 0.2) is 0 Å². The third kappa shape index (κ3) is 4.22. The van der Waals surface area contributed by atoms with Crippen LogP contribution in [0.2, 0.25) is 0 Å². The summed E-state index contributed by atoms with van der Waals surface area (Å²) in [7, 11) is 0. The number of fused-ring (bicyclic) bond motifs is 5. The highest BCUT2D eigenvalue weighted by Crippen LogP contribution is 2.66. The molecule has 190 valence electrons. The quantitative estimate of drug-likeness (QED) is 0.344. The van der Waals surface area contributed by atoms with Crippen molar-refractivity contribution in [2.75, 3.05) is 0 Å². The number of allylic oxidation sites excluding steroid dienone is 2. The molecule has 4 nitrogen and oxygen atoms in total. The van der Waals surface area contributed by atoms with Crippen LogP contribution in [0, 0.1) is 58.2 Å². The standard InChI is InChI=1S/C30H46O4/c1-17(2)18(3)8-9-19(4)23-10-11-24-27-25(32)15-21-14-22(34-20(5)31)12-13-29(21,6)28(27)26(33)16-30(23,24)7/h8-9,17-19,21-24,27-28H,10-16H2,1-7H3/b9-8+/t18-,19+,21+,22+,23-,24+,27+,28+,29-,30+/m0/s1. The summed E-state index contributed by atoms with van der Waals surface area (Å²) in [6.45, 7) is 15.1. The predicted molar refractivity (Wildman–Crippen MR) is 134 cm³/mol. The highest BCUT2D eigenvalue weighted by Gasteiger charge is 2.66. The van der Waals surface area contributed by atoms with Gasteiger partial charge in [-0.25, -0.2) is 0 Å². The van der Waals surface area contributed by atoms with Gasteiger partial charge in [0.2, 0.25) is 0 Å². The highest BCUT2D eigenvalue weighted by atomic mass is 16.5. The smallest absolute Gasteiger partial charge is 0.302 e. The van der Waals surface area contributed by atoms with Crippen LogP contribution in [-0.4, -0.2) is 23.6 Å². The molecule has 0 radical (unpaired) electrons. The Bertz CT molecular complexity index is 858. The maximum atomic E-state index is 13.9. The van der Waals surface area contributed by atoms with E-state index in [0.29, 0.717) is 54.0 Å². The lowest BCUT2D eigenvalue weighted by atomic mass is 9.43. The first-order chi connectivity index (χ1) is 15.9. The summed E-state index contributed by atoms with van der Waals surface area (Å²) in [5.74, 6) is 2.61. The molecule has 4 heteroatoms. The van der Waals surface area contributed by atoms with E-state index in [0.717, 1.165) is 32.1 Å². The van der Waals surface area contributed by atoms with Gasteiger partial charge >= 0.3 is 5.97 Å². The van der Waals surface area contributed by atoms with Crippen molar-refractivity contribution in [1.82, 2.24) is 0 Å². The van der Waals surface area contributed by atoms with E-state index >= 15 is 0 Å². The lowest BCUT2D eigenvalue weighted by molar-refractivity contribution is -0.175. The monoisotopic (exact) mass is 470 g/mol. The molecule has 0 amide bonds. The van der Waals surface area contributed by atoms with Crippen molar-refractivity contribution < 1.29 is 19.1 Å². The van der Waals surface area contributed by atoms with Gasteiger partial charge in [-0.15, -0.1) is 0 Å². The molecule has 0 aromatic carbocycles. The molecule has 0 aromatic rings. The average molecular weight is 471 g/mol. The normalized spacial score (nSPS) is 43.9. The summed E-state index contributed by atoms with van der Waals surface area (Å²) < 4.78 is 5.52. The van der Waals surface area contributed by atoms with Gasteiger partial charge in [0, 0.05) is 31.6 Å². The largest absolute Gasteiger partial charge is 0.463 e. The van der Waals surface area contributed by atoms with Gasteiger partial charge in [0.1, 0.15) is 17.7 Å². The van der Waals surface area contributed by atoms with E-state index in [-0.39, 0.29) is 40.7 Å². The molecule has 34 heavy (non-hydrogen) atoms. The van der Waals surface area contributed by atoms with Crippen LogP contribution in [0.5, 0.6) is 0 Å². The van der Waals surface area contributed by atoms with E-state index in [1.54, 1.807) is 0 Å². The fraction of sp³-hybridized carbons (Fsp3) is 0.833. The van der Waals surface area contributed by atoms with Gasteiger partial charge in [0.05, 0.1) is 0 Å². The van der Waals surface area contributed by atoms with Crippen molar-refractivity contribution in [3.63, 3.8) is 0 Å². The number of carbonyl (C=O) groups excluding carboxylic acids is 3.